The van der Waals surface area contributed by atoms with Crippen molar-refractivity contribution in [3.05, 3.63) is 46.5 Å². The Kier molecular flexibility index (Phi) is 7.29. The van der Waals surface area contributed by atoms with Crippen molar-refractivity contribution in [1.82, 2.24) is 0 Å². The predicted octanol–water partition coefficient (Wildman–Crippen LogP) is 8.05. The van der Waals surface area contributed by atoms with E-state index in [0.717, 1.165) is 24.0 Å². The molecular formula is C32H38O6. The van der Waals surface area contributed by atoms with Gasteiger partial charge in [-0.25, -0.2) is 0 Å². The number of aryl methyl sites for hydroxylation is 2. The minimum atomic E-state index is -0.315. The maximum Gasteiger partial charge on any atom is 0.161 e. The van der Waals surface area contributed by atoms with E-state index in [9.17, 15) is 30.6 Å². The van der Waals surface area contributed by atoms with Crippen molar-refractivity contribution in [2.75, 3.05) is 0 Å². The molecule has 6 heteroatoms. The summed E-state index contributed by atoms with van der Waals surface area (Å²) in [6.45, 7) is 12.0. The van der Waals surface area contributed by atoms with E-state index in [1.54, 1.807) is 0 Å². The molecule has 0 bridgehead atoms. The SMILES string of the molecule is CCc1c(O)c(O)cc2c(O)c(-c3c(C(C)CC)cc4c(CC)c(O)c(O)cc4c3O)c(C(C)CC)cc12. The Morgan fingerprint density at radius 1 is 0.500 bits per heavy atom. The van der Waals surface area contributed by atoms with Crippen LogP contribution in [0.25, 0.3) is 32.7 Å². The Morgan fingerprint density at radius 2 is 0.842 bits per heavy atom. The zero-order valence-electron chi connectivity index (χ0n) is 23.0. The van der Waals surface area contributed by atoms with Crippen LogP contribution in [0.2, 0.25) is 0 Å². The smallest absolute Gasteiger partial charge is 0.161 e. The second-order valence-corrected chi connectivity index (χ2v) is 10.3. The van der Waals surface area contributed by atoms with Crippen LogP contribution >= 0.6 is 0 Å². The normalized spacial score (nSPS) is 13.3. The van der Waals surface area contributed by atoms with Crippen LogP contribution in [0.3, 0.4) is 0 Å². The molecule has 202 valence electrons. The van der Waals surface area contributed by atoms with Crippen molar-refractivity contribution in [2.24, 2.45) is 0 Å². The molecule has 0 saturated heterocycles. The highest BCUT2D eigenvalue weighted by molar-refractivity contribution is 6.06. The molecule has 0 aliphatic rings. The summed E-state index contributed by atoms with van der Waals surface area (Å²) < 4.78 is 0. The number of aromatic hydroxyl groups is 6. The molecule has 0 aliphatic carbocycles. The van der Waals surface area contributed by atoms with Gasteiger partial charge in [0.05, 0.1) is 0 Å². The molecule has 0 saturated carbocycles. The van der Waals surface area contributed by atoms with Gasteiger partial charge in [0.2, 0.25) is 0 Å². The van der Waals surface area contributed by atoms with Crippen LogP contribution < -0.4 is 0 Å². The minimum Gasteiger partial charge on any atom is -0.507 e. The van der Waals surface area contributed by atoms with Crippen LogP contribution in [0.15, 0.2) is 24.3 Å². The topological polar surface area (TPSA) is 121 Å². The van der Waals surface area contributed by atoms with Gasteiger partial charge in [-0.05, 0) is 83.7 Å². The average molecular weight is 519 g/mol. The lowest BCUT2D eigenvalue weighted by atomic mass is 9.80. The number of phenolic OH excluding ortho intramolecular Hbond substituents is 6. The van der Waals surface area contributed by atoms with E-state index in [1.165, 1.54) is 12.1 Å². The summed E-state index contributed by atoms with van der Waals surface area (Å²) in [5.74, 6) is -1.19. The summed E-state index contributed by atoms with van der Waals surface area (Å²) in [5, 5.41) is 67.8. The fourth-order valence-electron chi connectivity index (χ4n) is 5.63. The van der Waals surface area contributed by atoms with Gasteiger partial charge in [-0.15, -0.1) is 0 Å². The van der Waals surface area contributed by atoms with Gasteiger partial charge in [0.25, 0.3) is 0 Å². The van der Waals surface area contributed by atoms with Crippen LogP contribution in [-0.2, 0) is 12.8 Å². The molecule has 6 N–H and O–H groups in total. The largest absolute Gasteiger partial charge is 0.507 e. The van der Waals surface area contributed by atoms with Gasteiger partial charge in [-0.2, -0.15) is 0 Å². The Hall–Kier alpha value is -3.80. The third kappa shape index (κ3) is 4.03. The van der Waals surface area contributed by atoms with Crippen LogP contribution in [-0.4, -0.2) is 30.6 Å². The first-order chi connectivity index (χ1) is 18.0. The molecular weight excluding hydrogens is 480 g/mol. The van der Waals surface area contributed by atoms with Crippen molar-refractivity contribution in [1.29, 1.82) is 0 Å². The highest BCUT2D eigenvalue weighted by Crippen LogP contribution is 2.53. The Balaban J connectivity index is 2.28. The highest BCUT2D eigenvalue weighted by Gasteiger charge is 2.28. The first kappa shape index (κ1) is 27.2. The lowest BCUT2D eigenvalue weighted by Gasteiger charge is -2.26. The molecule has 6 nitrogen and oxygen atoms in total. The standard InChI is InChI=1S/C32H38O6/c1-7-15(5)19-11-21-17(9-3)29(35)25(33)13-23(21)31(37)27(19)28-20(16(6)8-2)12-22-18(10-4)30(36)26(34)14-24(22)32(28)38/h11-16,33-38H,7-10H2,1-6H3. The second-order valence-electron chi connectivity index (χ2n) is 10.3. The summed E-state index contributed by atoms with van der Waals surface area (Å²) >= 11 is 0. The molecule has 4 aromatic rings. The summed E-state index contributed by atoms with van der Waals surface area (Å²) in [5.41, 5.74) is 3.66. The van der Waals surface area contributed by atoms with E-state index in [0.29, 0.717) is 56.6 Å². The van der Waals surface area contributed by atoms with Crippen molar-refractivity contribution in [2.45, 2.75) is 79.1 Å². The molecule has 0 heterocycles. The molecule has 0 aliphatic heterocycles. The van der Waals surface area contributed by atoms with Gasteiger partial charge in [-0.3, -0.25) is 0 Å². The van der Waals surface area contributed by atoms with Gasteiger partial charge in [0.1, 0.15) is 11.5 Å². The maximum absolute atomic E-state index is 11.8. The minimum absolute atomic E-state index is 0.000236. The van der Waals surface area contributed by atoms with Gasteiger partial charge < -0.3 is 30.6 Å². The van der Waals surface area contributed by atoms with E-state index in [4.69, 9.17) is 0 Å². The van der Waals surface area contributed by atoms with E-state index in [2.05, 4.69) is 27.7 Å². The number of hydrogen-bond donors (Lipinski definition) is 6. The van der Waals surface area contributed by atoms with Gasteiger partial charge >= 0.3 is 0 Å². The molecule has 0 amide bonds. The quantitative estimate of drug-likeness (QED) is 0.138. The fraction of sp³-hybridized carbons (Fsp3) is 0.375. The van der Waals surface area contributed by atoms with Gasteiger partial charge in [-0.1, -0.05) is 41.5 Å². The van der Waals surface area contributed by atoms with E-state index in [1.807, 2.05) is 26.0 Å². The van der Waals surface area contributed by atoms with Gasteiger partial charge in [0.15, 0.2) is 23.0 Å². The number of benzene rings is 4. The number of fused-ring (bicyclic) bond motifs is 2. The van der Waals surface area contributed by atoms with Crippen molar-refractivity contribution in [3.63, 3.8) is 0 Å². The Morgan fingerprint density at radius 3 is 1.13 bits per heavy atom. The highest BCUT2D eigenvalue weighted by atomic mass is 16.3. The third-order valence-electron chi connectivity index (χ3n) is 8.25. The van der Waals surface area contributed by atoms with Crippen LogP contribution in [0.1, 0.15) is 88.5 Å². The molecule has 0 aromatic heterocycles. The van der Waals surface area contributed by atoms with Crippen LogP contribution in [0, 0.1) is 0 Å². The molecule has 2 unspecified atom stereocenters. The zero-order valence-corrected chi connectivity index (χ0v) is 23.0. The lowest BCUT2D eigenvalue weighted by molar-refractivity contribution is 0.400. The number of hydrogen-bond acceptors (Lipinski definition) is 6. The second kappa shape index (κ2) is 10.2. The summed E-state index contributed by atoms with van der Waals surface area (Å²) in [7, 11) is 0. The molecule has 4 rings (SSSR count). The van der Waals surface area contributed by atoms with Crippen LogP contribution in [0.5, 0.6) is 34.5 Å². The summed E-state index contributed by atoms with van der Waals surface area (Å²) in [6.07, 6.45) is 2.45. The van der Waals surface area contributed by atoms with Gasteiger partial charge in [0, 0.05) is 33.0 Å². The molecule has 2 atom stereocenters. The van der Waals surface area contributed by atoms with Crippen molar-refractivity contribution >= 4 is 21.5 Å². The molecule has 38 heavy (non-hydrogen) atoms. The van der Waals surface area contributed by atoms with E-state index < -0.39 is 0 Å². The Bertz CT molecular complexity index is 1440. The molecule has 4 aromatic carbocycles. The number of phenols is 6. The van der Waals surface area contributed by atoms with Crippen LogP contribution in [0.4, 0.5) is 0 Å². The first-order valence-electron chi connectivity index (χ1n) is 13.5. The third-order valence-corrected chi connectivity index (χ3v) is 8.25. The van der Waals surface area contributed by atoms with E-state index in [-0.39, 0.29) is 46.3 Å². The zero-order chi connectivity index (χ0) is 28.0. The number of rotatable bonds is 7. The predicted molar refractivity (Wildman–Crippen MR) is 153 cm³/mol. The monoisotopic (exact) mass is 518 g/mol. The van der Waals surface area contributed by atoms with E-state index >= 15 is 0 Å². The molecule has 0 radical (unpaired) electrons. The lowest BCUT2D eigenvalue weighted by Crippen LogP contribution is -2.03. The first-order valence-corrected chi connectivity index (χ1v) is 13.5. The summed E-state index contributed by atoms with van der Waals surface area (Å²) in [6, 6.07) is 6.63. The average Bonchev–Trinajstić information content (AvgIpc) is 2.90. The molecule has 0 fully saturated rings. The fourth-order valence-corrected chi connectivity index (χ4v) is 5.63. The molecule has 0 spiro atoms. The Labute approximate surface area is 223 Å². The summed E-state index contributed by atoms with van der Waals surface area (Å²) in [4.78, 5) is 0. The van der Waals surface area contributed by atoms with Crippen molar-refractivity contribution in [3.8, 4) is 45.6 Å². The van der Waals surface area contributed by atoms with Crippen molar-refractivity contribution < 1.29 is 30.6 Å². The maximum atomic E-state index is 11.8.